The summed E-state index contributed by atoms with van der Waals surface area (Å²) in [7, 11) is 1.67. The first-order valence-corrected chi connectivity index (χ1v) is 6.60. The van der Waals surface area contributed by atoms with E-state index >= 15 is 0 Å². The molecule has 1 amide bonds. The number of pyridine rings is 1. The number of rotatable bonds is 3. The van der Waals surface area contributed by atoms with Gasteiger partial charge in [-0.2, -0.15) is 0 Å². The summed E-state index contributed by atoms with van der Waals surface area (Å²) >= 11 is 5.06. The van der Waals surface area contributed by atoms with Gasteiger partial charge >= 0.3 is 0 Å². The highest BCUT2D eigenvalue weighted by atomic mass is 32.1. The molecule has 1 unspecified atom stereocenters. The van der Waals surface area contributed by atoms with Crippen molar-refractivity contribution in [1.29, 1.82) is 0 Å². The summed E-state index contributed by atoms with van der Waals surface area (Å²) in [5, 5.41) is 2.73. The van der Waals surface area contributed by atoms with Crippen molar-refractivity contribution in [3.8, 4) is 0 Å². The normalized spacial score (nSPS) is 22.3. The van der Waals surface area contributed by atoms with Crippen LogP contribution >= 0.6 is 12.2 Å². The number of carbonyl (C=O) groups is 1. The Labute approximate surface area is 118 Å². The Hall–Kier alpha value is -1.69. The summed E-state index contributed by atoms with van der Waals surface area (Å²) < 4.78 is 0. The Morgan fingerprint density at radius 1 is 1.63 bits per heavy atom. The Kier molecular flexibility index (Phi) is 3.71. The van der Waals surface area contributed by atoms with Crippen LogP contribution in [0.15, 0.2) is 18.5 Å². The molecule has 2 heterocycles. The minimum absolute atomic E-state index is 0.0655. The average Bonchev–Trinajstić information content (AvgIpc) is 2.81. The van der Waals surface area contributed by atoms with Crippen LogP contribution in [0.1, 0.15) is 18.9 Å². The predicted molar refractivity (Wildman–Crippen MR) is 79.1 cm³/mol. The number of hydrogen-bond acceptors (Lipinski definition) is 4. The Morgan fingerprint density at radius 2 is 2.37 bits per heavy atom. The maximum atomic E-state index is 11.9. The molecule has 1 fully saturated rings. The van der Waals surface area contributed by atoms with Crippen molar-refractivity contribution < 1.29 is 4.79 Å². The van der Waals surface area contributed by atoms with Crippen molar-refractivity contribution in [2.45, 2.75) is 13.3 Å². The highest BCUT2D eigenvalue weighted by Gasteiger charge is 2.40. The van der Waals surface area contributed by atoms with E-state index in [0.717, 1.165) is 24.2 Å². The fraction of sp³-hybridized carbons (Fsp3) is 0.462. The van der Waals surface area contributed by atoms with Gasteiger partial charge in [-0.1, -0.05) is 12.2 Å². The lowest BCUT2D eigenvalue weighted by Crippen LogP contribution is -2.39. The lowest BCUT2D eigenvalue weighted by Gasteiger charge is -2.25. The molecule has 1 aliphatic rings. The molecule has 6 heteroatoms. The molecular formula is C13H18N4OS. The van der Waals surface area contributed by atoms with E-state index in [9.17, 15) is 4.79 Å². The first kappa shape index (κ1) is 13.7. The maximum Gasteiger partial charge on any atom is 0.227 e. The van der Waals surface area contributed by atoms with Gasteiger partial charge in [0.2, 0.25) is 5.91 Å². The topological polar surface area (TPSA) is 71.2 Å². The van der Waals surface area contributed by atoms with Crippen LogP contribution in [-0.2, 0) is 4.79 Å². The Bertz CT molecular complexity index is 519. The van der Waals surface area contributed by atoms with Crippen LogP contribution in [0.5, 0.6) is 0 Å². The first-order chi connectivity index (χ1) is 8.98. The van der Waals surface area contributed by atoms with Crippen molar-refractivity contribution in [2.75, 3.05) is 25.0 Å². The van der Waals surface area contributed by atoms with Crippen molar-refractivity contribution in [3.63, 3.8) is 0 Å². The van der Waals surface area contributed by atoms with E-state index in [2.05, 4.69) is 15.2 Å². The molecule has 1 saturated heterocycles. The van der Waals surface area contributed by atoms with Gasteiger partial charge in [0, 0.05) is 31.9 Å². The fourth-order valence-electron chi connectivity index (χ4n) is 2.50. The predicted octanol–water partition coefficient (Wildman–Crippen LogP) is 0.678. The molecular weight excluding hydrogens is 260 g/mol. The van der Waals surface area contributed by atoms with Crippen molar-refractivity contribution in [2.24, 2.45) is 11.1 Å². The van der Waals surface area contributed by atoms with Crippen LogP contribution in [-0.4, -0.2) is 36.0 Å². The average molecular weight is 278 g/mol. The molecule has 2 rings (SSSR count). The summed E-state index contributed by atoms with van der Waals surface area (Å²) in [5.74, 6) is 0.0655. The minimum Gasteiger partial charge on any atom is -0.389 e. The monoisotopic (exact) mass is 278 g/mol. The molecule has 1 aromatic rings. The molecule has 1 aromatic heterocycles. The zero-order chi connectivity index (χ0) is 14.0. The van der Waals surface area contributed by atoms with E-state index in [-0.39, 0.29) is 11.3 Å². The van der Waals surface area contributed by atoms with E-state index in [1.165, 1.54) is 0 Å². The van der Waals surface area contributed by atoms with E-state index in [0.29, 0.717) is 11.5 Å². The molecule has 5 nitrogen and oxygen atoms in total. The van der Waals surface area contributed by atoms with Crippen molar-refractivity contribution >= 4 is 28.8 Å². The van der Waals surface area contributed by atoms with E-state index in [1.54, 1.807) is 19.4 Å². The largest absolute Gasteiger partial charge is 0.389 e. The molecule has 0 radical (unpaired) electrons. The summed E-state index contributed by atoms with van der Waals surface area (Å²) in [6, 6.07) is 1.81. The lowest BCUT2D eigenvalue weighted by molar-refractivity contribution is -0.128. The fourth-order valence-corrected chi connectivity index (χ4v) is 2.67. The number of nitrogens with one attached hydrogen (secondary N) is 1. The number of aromatic nitrogens is 1. The van der Waals surface area contributed by atoms with Gasteiger partial charge in [-0.05, 0) is 19.4 Å². The van der Waals surface area contributed by atoms with Crippen molar-refractivity contribution in [1.82, 2.24) is 10.3 Å². The smallest absolute Gasteiger partial charge is 0.227 e. The molecule has 19 heavy (non-hydrogen) atoms. The molecule has 0 bridgehead atoms. The van der Waals surface area contributed by atoms with Crippen LogP contribution in [0, 0.1) is 5.41 Å². The third-order valence-electron chi connectivity index (χ3n) is 3.65. The Balaban J connectivity index is 2.27. The molecule has 102 valence electrons. The van der Waals surface area contributed by atoms with Gasteiger partial charge < -0.3 is 16.0 Å². The Morgan fingerprint density at radius 3 is 3.00 bits per heavy atom. The third-order valence-corrected chi connectivity index (χ3v) is 3.87. The van der Waals surface area contributed by atoms with Gasteiger partial charge in [0.15, 0.2) is 0 Å². The second kappa shape index (κ2) is 5.13. The van der Waals surface area contributed by atoms with E-state index in [4.69, 9.17) is 18.0 Å². The molecule has 1 atom stereocenters. The third kappa shape index (κ3) is 2.53. The molecule has 0 aromatic carbocycles. The van der Waals surface area contributed by atoms with Crippen LogP contribution in [0.25, 0.3) is 0 Å². The summed E-state index contributed by atoms with van der Waals surface area (Å²) in [4.78, 5) is 18.5. The molecule has 0 aliphatic carbocycles. The van der Waals surface area contributed by atoms with Crippen LogP contribution < -0.4 is 16.0 Å². The van der Waals surface area contributed by atoms with E-state index in [1.807, 2.05) is 13.0 Å². The second-order valence-electron chi connectivity index (χ2n) is 5.07. The van der Waals surface area contributed by atoms with Gasteiger partial charge in [-0.3, -0.25) is 9.78 Å². The number of thiocarbonyl (C=S) groups is 1. The van der Waals surface area contributed by atoms with Gasteiger partial charge in [-0.25, -0.2) is 0 Å². The van der Waals surface area contributed by atoms with Crippen LogP contribution in [0.3, 0.4) is 0 Å². The number of amides is 1. The number of hydrogen-bond donors (Lipinski definition) is 2. The summed E-state index contributed by atoms with van der Waals surface area (Å²) in [5.41, 5.74) is 7.07. The van der Waals surface area contributed by atoms with Gasteiger partial charge in [0.1, 0.15) is 4.99 Å². The number of anilines is 1. The highest BCUT2D eigenvalue weighted by Crippen LogP contribution is 2.34. The van der Waals surface area contributed by atoms with Crippen LogP contribution in [0.2, 0.25) is 0 Å². The lowest BCUT2D eigenvalue weighted by atomic mass is 9.89. The summed E-state index contributed by atoms with van der Waals surface area (Å²) in [6.45, 7) is 3.42. The standard InChI is InChI=1S/C13H18N4OS/c1-13(12(18)15-2)4-6-17(8-13)10-7-16-5-3-9(10)11(14)19/h3,5,7H,4,6,8H2,1-2H3,(H2,14,19)(H,15,18). The molecule has 1 aliphatic heterocycles. The number of nitrogens with zero attached hydrogens (tertiary/aromatic N) is 2. The molecule has 3 N–H and O–H groups in total. The molecule has 0 spiro atoms. The highest BCUT2D eigenvalue weighted by molar-refractivity contribution is 7.80. The number of carbonyl (C=O) groups excluding carboxylic acids is 1. The van der Waals surface area contributed by atoms with Gasteiger partial charge in [-0.15, -0.1) is 0 Å². The zero-order valence-corrected chi connectivity index (χ0v) is 12.0. The van der Waals surface area contributed by atoms with Gasteiger partial charge in [0.25, 0.3) is 0 Å². The quantitative estimate of drug-likeness (QED) is 0.796. The SMILES string of the molecule is CNC(=O)C1(C)CCN(c2cnccc2C(N)=S)C1. The second-order valence-corrected chi connectivity index (χ2v) is 5.51. The van der Waals surface area contributed by atoms with Crippen molar-refractivity contribution in [3.05, 3.63) is 24.0 Å². The number of nitrogens with two attached hydrogens (primary N) is 1. The van der Waals surface area contributed by atoms with Gasteiger partial charge in [0.05, 0.1) is 17.3 Å². The molecule has 0 saturated carbocycles. The minimum atomic E-state index is -0.377. The maximum absolute atomic E-state index is 11.9. The van der Waals surface area contributed by atoms with E-state index < -0.39 is 0 Å². The first-order valence-electron chi connectivity index (χ1n) is 6.19. The summed E-state index contributed by atoms with van der Waals surface area (Å²) in [6.07, 6.45) is 4.23. The van der Waals surface area contributed by atoms with Crippen LogP contribution in [0.4, 0.5) is 5.69 Å². The zero-order valence-electron chi connectivity index (χ0n) is 11.1.